The van der Waals surface area contributed by atoms with Crippen LogP contribution in [0.3, 0.4) is 0 Å². The summed E-state index contributed by atoms with van der Waals surface area (Å²) in [5, 5.41) is 3.06. The van der Waals surface area contributed by atoms with Crippen LogP contribution in [0.2, 0.25) is 0 Å². The summed E-state index contributed by atoms with van der Waals surface area (Å²) in [6.07, 6.45) is 2.48. The molecule has 6 heteroatoms. The highest BCUT2D eigenvalue weighted by Gasteiger charge is 2.27. The van der Waals surface area contributed by atoms with Gasteiger partial charge in [0, 0.05) is 32.7 Å². The fourth-order valence-corrected chi connectivity index (χ4v) is 2.86. The smallest absolute Gasteiger partial charge is 0.232 e. The lowest BCUT2D eigenvalue weighted by molar-refractivity contribution is 0.359. The van der Waals surface area contributed by atoms with Crippen molar-refractivity contribution in [3.8, 4) is 0 Å². The monoisotopic (exact) mass is 292 g/mol. The van der Waals surface area contributed by atoms with E-state index in [1.54, 1.807) is 0 Å². The number of piperidine rings is 1. The summed E-state index contributed by atoms with van der Waals surface area (Å²) in [5.74, 6) is 2.88. The molecule has 6 nitrogen and oxygen atoms in total. The van der Waals surface area contributed by atoms with E-state index in [1.807, 2.05) is 7.05 Å². The average molecular weight is 292 g/mol. The Labute approximate surface area is 128 Å². The molecular formula is C15H28N6. The molecule has 1 fully saturated rings. The lowest BCUT2D eigenvalue weighted by atomic mass is 9.92. The summed E-state index contributed by atoms with van der Waals surface area (Å²) in [4.78, 5) is 18.3. The van der Waals surface area contributed by atoms with Crippen molar-refractivity contribution < 1.29 is 0 Å². The molecular weight excluding hydrogens is 264 g/mol. The molecule has 0 spiro atoms. The number of nitrogens with zero attached hydrogens (tertiary/aromatic N) is 5. The van der Waals surface area contributed by atoms with E-state index >= 15 is 0 Å². The van der Waals surface area contributed by atoms with Gasteiger partial charge in [0.1, 0.15) is 0 Å². The molecule has 1 aromatic heterocycles. The first-order valence-electron chi connectivity index (χ1n) is 8.06. The largest absolute Gasteiger partial charge is 0.357 e. The van der Waals surface area contributed by atoms with Crippen LogP contribution < -0.4 is 15.1 Å². The molecule has 0 radical (unpaired) electrons. The summed E-state index contributed by atoms with van der Waals surface area (Å²) in [5.41, 5.74) is 0. The molecule has 1 aliphatic rings. The minimum absolute atomic E-state index is 0.468. The van der Waals surface area contributed by atoms with Crippen LogP contribution in [0.25, 0.3) is 0 Å². The Bertz CT molecular complexity index is 459. The Morgan fingerprint density at radius 3 is 2.52 bits per heavy atom. The van der Waals surface area contributed by atoms with Crippen molar-refractivity contribution in [1.82, 2.24) is 15.0 Å². The van der Waals surface area contributed by atoms with E-state index in [9.17, 15) is 0 Å². The Morgan fingerprint density at radius 1 is 1.19 bits per heavy atom. The molecule has 1 N–H and O–H groups in total. The zero-order chi connectivity index (χ0) is 15.4. The summed E-state index contributed by atoms with van der Waals surface area (Å²) in [6, 6.07) is 0.468. The quantitative estimate of drug-likeness (QED) is 0.899. The van der Waals surface area contributed by atoms with Gasteiger partial charge < -0.3 is 15.1 Å². The topological polar surface area (TPSA) is 57.2 Å². The average Bonchev–Trinajstić information content (AvgIpc) is 2.51. The number of nitrogens with one attached hydrogen (secondary N) is 1. The van der Waals surface area contributed by atoms with E-state index in [1.165, 1.54) is 12.8 Å². The summed E-state index contributed by atoms with van der Waals surface area (Å²) in [7, 11) is 1.85. The van der Waals surface area contributed by atoms with Crippen molar-refractivity contribution in [3.63, 3.8) is 0 Å². The molecule has 2 heterocycles. The molecule has 0 saturated carbocycles. The lowest BCUT2D eigenvalue weighted by Gasteiger charge is -2.38. The standard InChI is InChI=1S/C15H28N6/c1-6-20(7-2)14-17-13(16-5)18-15(19-14)21-10-8-9-11(3)12(21)4/h11-12H,6-10H2,1-5H3,(H,16,17,18,19). The Balaban J connectivity index is 2.36. The predicted molar refractivity (Wildman–Crippen MR) is 88.1 cm³/mol. The van der Waals surface area contributed by atoms with Gasteiger partial charge in [-0.15, -0.1) is 0 Å². The van der Waals surface area contributed by atoms with Gasteiger partial charge in [0.05, 0.1) is 0 Å². The highest BCUT2D eigenvalue weighted by molar-refractivity contribution is 5.45. The van der Waals surface area contributed by atoms with E-state index in [0.717, 1.165) is 31.5 Å². The maximum atomic E-state index is 4.72. The molecule has 2 unspecified atom stereocenters. The van der Waals surface area contributed by atoms with Crippen LogP contribution in [0.1, 0.15) is 40.5 Å². The fourth-order valence-electron chi connectivity index (χ4n) is 2.86. The predicted octanol–water partition coefficient (Wildman–Crippen LogP) is 2.38. The molecule has 2 rings (SSSR count). The third-order valence-corrected chi connectivity index (χ3v) is 4.51. The third-order valence-electron chi connectivity index (χ3n) is 4.51. The van der Waals surface area contributed by atoms with Gasteiger partial charge in [0.15, 0.2) is 0 Å². The molecule has 0 bridgehead atoms. The Kier molecular flexibility index (Phi) is 5.20. The first-order chi connectivity index (χ1) is 10.1. The van der Waals surface area contributed by atoms with Crippen molar-refractivity contribution in [2.45, 2.75) is 46.6 Å². The van der Waals surface area contributed by atoms with Crippen LogP contribution in [0.15, 0.2) is 0 Å². The fraction of sp³-hybridized carbons (Fsp3) is 0.800. The number of anilines is 3. The van der Waals surface area contributed by atoms with Gasteiger partial charge in [0.2, 0.25) is 17.8 Å². The van der Waals surface area contributed by atoms with Crippen LogP contribution in [-0.4, -0.2) is 47.7 Å². The lowest BCUT2D eigenvalue weighted by Crippen LogP contribution is -2.43. The minimum atomic E-state index is 0.468. The summed E-state index contributed by atoms with van der Waals surface area (Å²) in [6.45, 7) is 11.6. The molecule has 1 aromatic rings. The summed E-state index contributed by atoms with van der Waals surface area (Å²) >= 11 is 0. The van der Waals surface area contributed by atoms with Gasteiger partial charge in [-0.05, 0) is 39.5 Å². The number of hydrogen-bond donors (Lipinski definition) is 1. The first-order valence-corrected chi connectivity index (χ1v) is 8.06. The molecule has 0 aliphatic carbocycles. The van der Waals surface area contributed by atoms with Gasteiger partial charge in [-0.3, -0.25) is 0 Å². The van der Waals surface area contributed by atoms with Crippen molar-refractivity contribution in [2.75, 3.05) is 41.8 Å². The number of rotatable bonds is 5. The summed E-state index contributed by atoms with van der Waals surface area (Å²) < 4.78 is 0. The van der Waals surface area contributed by atoms with E-state index in [-0.39, 0.29) is 0 Å². The van der Waals surface area contributed by atoms with Crippen molar-refractivity contribution >= 4 is 17.8 Å². The third kappa shape index (κ3) is 3.36. The van der Waals surface area contributed by atoms with Crippen LogP contribution in [0, 0.1) is 5.92 Å². The van der Waals surface area contributed by atoms with Crippen molar-refractivity contribution in [3.05, 3.63) is 0 Å². The first kappa shape index (κ1) is 15.8. The van der Waals surface area contributed by atoms with Crippen LogP contribution in [0.4, 0.5) is 17.8 Å². The zero-order valence-electron chi connectivity index (χ0n) is 13.9. The van der Waals surface area contributed by atoms with E-state index in [4.69, 9.17) is 4.98 Å². The van der Waals surface area contributed by atoms with Gasteiger partial charge in [0.25, 0.3) is 0 Å². The Hall–Kier alpha value is -1.59. The molecule has 0 aromatic carbocycles. The van der Waals surface area contributed by atoms with Gasteiger partial charge in [-0.2, -0.15) is 15.0 Å². The van der Waals surface area contributed by atoms with Crippen molar-refractivity contribution in [1.29, 1.82) is 0 Å². The van der Waals surface area contributed by atoms with Crippen molar-refractivity contribution in [2.24, 2.45) is 5.92 Å². The molecule has 118 valence electrons. The highest BCUT2D eigenvalue weighted by Crippen LogP contribution is 2.27. The second-order valence-electron chi connectivity index (χ2n) is 5.73. The number of hydrogen-bond acceptors (Lipinski definition) is 6. The molecule has 21 heavy (non-hydrogen) atoms. The van der Waals surface area contributed by atoms with Gasteiger partial charge in [-0.1, -0.05) is 6.92 Å². The maximum Gasteiger partial charge on any atom is 0.232 e. The van der Waals surface area contributed by atoms with Gasteiger partial charge in [-0.25, -0.2) is 0 Å². The van der Waals surface area contributed by atoms with E-state index in [2.05, 4.69) is 52.8 Å². The molecule has 1 aliphatic heterocycles. The maximum absolute atomic E-state index is 4.72. The van der Waals surface area contributed by atoms with E-state index < -0.39 is 0 Å². The normalized spacial score (nSPS) is 22.2. The highest BCUT2D eigenvalue weighted by atomic mass is 15.4. The molecule has 2 atom stereocenters. The SMILES string of the molecule is CCN(CC)c1nc(NC)nc(N2CCCC(C)C2C)n1. The second-order valence-corrected chi connectivity index (χ2v) is 5.73. The van der Waals surface area contributed by atoms with Gasteiger partial charge >= 0.3 is 0 Å². The van der Waals surface area contributed by atoms with Crippen LogP contribution in [-0.2, 0) is 0 Å². The zero-order valence-corrected chi connectivity index (χ0v) is 13.9. The molecule has 0 amide bonds. The van der Waals surface area contributed by atoms with Crippen LogP contribution in [0.5, 0.6) is 0 Å². The Morgan fingerprint density at radius 2 is 1.90 bits per heavy atom. The molecule has 1 saturated heterocycles. The van der Waals surface area contributed by atoms with Crippen LogP contribution >= 0.6 is 0 Å². The number of aromatic nitrogens is 3. The second kappa shape index (κ2) is 6.91. The minimum Gasteiger partial charge on any atom is -0.357 e. The van der Waals surface area contributed by atoms with E-state index in [0.29, 0.717) is 17.9 Å².